The number of carbonyl (C=O) groups excluding carboxylic acids is 2. The third kappa shape index (κ3) is 5.82. The van der Waals surface area contributed by atoms with E-state index in [0.29, 0.717) is 16.5 Å². The van der Waals surface area contributed by atoms with Crippen molar-refractivity contribution in [1.29, 1.82) is 0 Å². The van der Waals surface area contributed by atoms with Crippen LogP contribution in [0.5, 0.6) is 11.5 Å². The summed E-state index contributed by atoms with van der Waals surface area (Å²) in [6.45, 7) is 3.13. The van der Waals surface area contributed by atoms with Gasteiger partial charge in [-0.3, -0.25) is 20.4 Å². The molecule has 0 aliphatic heterocycles. The second kappa shape index (κ2) is 9.31. The Balaban J connectivity index is 1.77. The van der Waals surface area contributed by atoms with Gasteiger partial charge in [-0.2, -0.15) is 0 Å². The van der Waals surface area contributed by atoms with Crippen LogP contribution in [0.15, 0.2) is 42.5 Å². The summed E-state index contributed by atoms with van der Waals surface area (Å²) in [6, 6.07) is 12.0. The molecule has 6 nitrogen and oxygen atoms in total. The molecule has 1 unspecified atom stereocenters. The van der Waals surface area contributed by atoms with Gasteiger partial charge < -0.3 is 9.47 Å². The van der Waals surface area contributed by atoms with Crippen molar-refractivity contribution in [3.05, 3.63) is 58.1 Å². The standard InChI is InChI=1S/C18H18Cl2N2O4/c1-11-5-3-4-6-15(11)26-12(2)18(24)22-21-17(23)10-25-16-8-7-13(19)9-14(16)20/h3-9,12H,10H2,1-2H3,(H,21,23)(H,22,24). The Morgan fingerprint density at radius 1 is 1.08 bits per heavy atom. The number of hydrogen-bond acceptors (Lipinski definition) is 4. The molecule has 0 aliphatic rings. The van der Waals surface area contributed by atoms with Gasteiger partial charge in [0.05, 0.1) is 5.02 Å². The molecule has 8 heteroatoms. The molecule has 0 fully saturated rings. The van der Waals surface area contributed by atoms with E-state index in [9.17, 15) is 9.59 Å². The average Bonchev–Trinajstić information content (AvgIpc) is 2.60. The number of rotatable bonds is 6. The van der Waals surface area contributed by atoms with E-state index in [-0.39, 0.29) is 11.6 Å². The largest absolute Gasteiger partial charge is 0.482 e. The first-order valence-corrected chi connectivity index (χ1v) is 8.51. The molecule has 1 atom stereocenters. The minimum absolute atomic E-state index is 0.287. The molecule has 26 heavy (non-hydrogen) atoms. The van der Waals surface area contributed by atoms with Crippen molar-refractivity contribution in [2.75, 3.05) is 6.61 Å². The van der Waals surface area contributed by atoms with Gasteiger partial charge >= 0.3 is 0 Å². The minimum atomic E-state index is -0.789. The lowest BCUT2D eigenvalue weighted by atomic mass is 10.2. The molecule has 2 N–H and O–H groups in total. The lowest BCUT2D eigenvalue weighted by Gasteiger charge is -2.16. The van der Waals surface area contributed by atoms with Gasteiger partial charge in [0, 0.05) is 5.02 Å². The van der Waals surface area contributed by atoms with Gasteiger partial charge in [0.15, 0.2) is 12.7 Å². The van der Waals surface area contributed by atoms with E-state index in [4.69, 9.17) is 32.7 Å². The van der Waals surface area contributed by atoms with Crippen molar-refractivity contribution in [2.45, 2.75) is 20.0 Å². The fraction of sp³-hybridized carbons (Fsp3) is 0.222. The molecule has 0 saturated heterocycles. The molecule has 138 valence electrons. The summed E-state index contributed by atoms with van der Waals surface area (Å²) < 4.78 is 10.8. The fourth-order valence-corrected chi connectivity index (χ4v) is 2.40. The number of halogens is 2. The van der Waals surface area contributed by atoms with Gasteiger partial charge in [-0.15, -0.1) is 0 Å². The van der Waals surface area contributed by atoms with Crippen molar-refractivity contribution < 1.29 is 19.1 Å². The van der Waals surface area contributed by atoms with Crippen molar-refractivity contribution in [3.63, 3.8) is 0 Å². The highest BCUT2D eigenvalue weighted by Gasteiger charge is 2.16. The first-order valence-electron chi connectivity index (χ1n) is 7.75. The highest BCUT2D eigenvalue weighted by atomic mass is 35.5. The Hall–Kier alpha value is -2.44. The van der Waals surface area contributed by atoms with Crippen LogP contribution in [-0.4, -0.2) is 24.5 Å². The quantitative estimate of drug-likeness (QED) is 0.734. The number of hydrogen-bond donors (Lipinski definition) is 2. The molecule has 0 heterocycles. The zero-order chi connectivity index (χ0) is 19.1. The maximum absolute atomic E-state index is 12.0. The number of amides is 2. The van der Waals surface area contributed by atoms with E-state index in [1.54, 1.807) is 25.1 Å². The van der Waals surface area contributed by atoms with E-state index in [1.165, 1.54) is 6.07 Å². The van der Waals surface area contributed by atoms with Gasteiger partial charge in [0.2, 0.25) is 0 Å². The topological polar surface area (TPSA) is 76.7 Å². The molecule has 0 spiro atoms. The molecule has 0 aromatic heterocycles. The first kappa shape index (κ1) is 19.9. The van der Waals surface area contributed by atoms with E-state index in [0.717, 1.165) is 5.56 Å². The van der Waals surface area contributed by atoms with Crippen LogP contribution in [0.1, 0.15) is 12.5 Å². The number of carbonyl (C=O) groups is 2. The van der Waals surface area contributed by atoms with Crippen LogP contribution in [0.3, 0.4) is 0 Å². The number of benzene rings is 2. The molecule has 0 radical (unpaired) electrons. The lowest BCUT2D eigenvalue weighted by molar-refractivity contribution is -0.133. The average molecular weight is 397 g/mol. The Bertz CT molecular complexity index is 799. The predicted molar refractivity (Wildman–Crippen MR) is 99.5 cm³/mol. The number of hydrazine groups is 1. The normalized spacial score (nSPS) is 11.4. The third-order valence-electron chi connectivity index (χ3n) is 3.34. The molecule has 2 aromatic carbocycles. The summed E-state index contributed by atoms with van der Waals surface area (Å²) in [5.41, 5.74) is 5.44. The van der Waals surface area contributed by atoms with Crippen LogP contribution < -0.4 is 20.3 Å². The van der Waals surface area contributed by atoms with Crippen molar-refractivity contribution in [3.8, 4) is 11.5 Å². The molecule has 0 aliphatic carbocycles. The van der Waals surface area contributed by atoms with Crippen molar-refractivity contribution in [2.24, 2.45) is 0 Å². The Labute approximate surface area is 161 Å². The summed E-state index contributed by atoms with van der Waals surface area (Å²) in [6.07, 6.45) is -0.789. The summed E-state index contributed by atoms with van der Waals surface area (Å²) in [5.74, 6) is -0.130. The minimum Gasteiger partial charge on any atom is -0.482 e. The zero-order valence-corrected chi connectivity index (χ0v) is 15.7. The first-order chi connectivity index (χ1) is 12.4. The number of ether oxygens (including phenoxy) is 2. The predicted octanol–water partition coefficient (Wildman–Crippen LogP) is 3.30. The van der Waals surface area contributed by atoms with Gasteiger partial charge in [-0.25, -0.2) is 0 Å². The number of nitrogens with one attached hydrogen (secondary N) is 2. The van der Waals surface area contributed by atoms with Crippen LogP contribution in [0.25, 0.3) is 0 Å². The molecule has 0 saturated carbocycles. The highest BCUT2D eigenvalue weighted by molar-refractivity contribution is 6.35. The molecule has 2 amide bonds. The monoisotopic (exact) mass is 396 g/mol. The third-order valence-corrected chi connectivity index (χ3v) is 3.87. The van der Waals surface area contributed by atoms with Crippen LogP contribution in [0.4, 0.5) is 0 Å². The van der Waals surface area contributed by atoms with Gasteiger partial charge in [-0.05, 0) is 43.7 Å². The van der Waals surface area contributed by atoms with Crippen LogP contribution >= 0.6 is 23.2 Å². The molecular formula is C18H18Cl2N2O4. The Morgan fingerprint density at radius 2 is 1.81 bits per heavy atom. The van der Waals surface area contributed by atoms with E-state index >= 15 is 0 Å². The van der Waals surface area contributed by atoms with Crippen LogP contribution in [-0.2, 0) is 9.59 Å². The van der Waals surface area contributed by atoms with E-state index in [1.807, 2.05) is 25.1 Å². The Morgan fingerprint density at radius 3 is 2.50 bits per heavy atom. The SMILES string of the molecule is Cc1ccccc1OC(C)C(=O)NNC(=O)COc1ccc(Cl)cc1Cl. The summed E-state index contributed by atoms with van der Waals surface area (Å²) in [5, 5.41) is 0.747. The van der Waals surface area contributed by atoms with Gasteiger partial charge in [0.25, 0.3) is 11.8 Å². The number of para-hydroxylation sites is 1. The van der Waals surface area contributed by atoms with Gasteiger partial charge in [0.1, 0.15) is 11.5 Å². The maximum Gasteiger partial charge on any atom is 0.279 e. The van der Waals surface area contributed by atoms with E-state index in [2.05, 4.69) is 10.9 Å². The van der Waals surface area contributed by atoms with Crippen molar-refractivity contribution in [1.82, 2.24) is 10.9 Å². The highest BCUT2D eigenvalue weighted by Crippen LogP contribution is 2.27. The van der Waals surface area contributed by atoms with Crippen LogP contribution in [0, 0.1) is 6.92 Å². The molecular weight excluding hydrogens is 379 g/mol. The maximum atomic E-state index is 12.0. The Kier molecular flexibility index (Phi) is 7.12. The molecule has 2 aromatic rings. The zero-order valence-electron chi connectivity index (χ0n) is 14.2. The summed E-state index contributed by atoms with van der Waals surface area (Å²) in [7, 11) is 0. The lowest BCUT2D eigenvalue weighted by Crippen LogP contribution is -2.48. The summed E-state index contributed by atoms with van der Waals surface area (Å²) >= 11 is 11.7. The summed E-state index contributed by atoms with van der Waals surface area (Å²) in [4.78, 5) is 23.8. The van der Waals surface area contributed by atoms with Crippen LogP contribution in [0.2, 0.25) is 10.0 Å². The number of aryl methyl sites for hydroxylation is 1. The second-order valence-corrected chi connectivity index (χ2v) is 6.27. The fourth-order valence-electron chi connectivity index (χ4n) is 1.94. The second-order valence-electron chi connectivity index (χ2n) is 5.43. The van der Waals surface area contributed by atoms with Crippen molar-refractivity contribution >= 4 is 35.0 Å². The molecule has 0 bridgehead atoms. The smallest absolute Gasteiger partial charge is 0.279 e. The van der Waals surface area contributed by atoms with Gasteiger partial charge in [-0.1, -0.05) is 41.4 Å². The van der Waals surface area contributed by atoms with E-state index < -0.39 is 17.9 Å². The molecule has 2 rings (SSSR count).